The summed E-state index contributed by atoms with van der Waals surface area (Å²) >= 11 is 0. The van der Waals surface area contributed by atoms with Crippen LogP contribution in [0.5, 0.6) is 0 Å². The highest BCUT2D eigenvalue weighted by atomic mass is 19.1. The standard InChI is InChI=1S/C18H16FN/c1-13-8-10-14(11-9-13)15-6-4-12-20-18(15)16-5-2-3-7-17(16)19/h2-12,18,20H,1H3. The van der Waals surface area contributed by atoms with E-state index >= 15 is 0 Å². The Labute approximate surface area is 118 Å². The van der Waals surface area contributed by atoms with Crippen LogP contribution in [0.15, 0.2) is 66.9 Å². The fourth-order valence-electron chi connectivity index (χ4n) is 2.46. The molecular formula is C18H16FN. The average molecular weight is 265 g/mol. The van der Waals surface area contributed by atoms with Crippen molar-refractivity contribution in [3.8, 4) is 0 Å². The Hall–Kier alpha value is -2.35. The molecule has 0 saturated carbocycles. The van der Waals surface area contributed by atoms with Gasteiger partial charge >= 0.3 is 0 Å². The molecule has 0 saturated heterocycles. The SMILES string of the molecule is Cc1ccc(C2=CC=CNC2c2ccccc2F)cc1. The minimum atomic E-state index is -0.182. The summed E-state index contributed by atoms with van der Waals surface area (Å²) < 4.78 is 14.0. The molecule has 2 aromatic rings. The summed E-state index contributed by atoms with van der Waals surface area (Å²) in [6.45, 7) is 2.06. The van der Waals surface area contributed by atoms with Crippen molar-refractivity contribution >= 4 is 5.57 Å². The van der Waals surface area contributed by atoms with Crippen LogP contribution in [0.4, 0.5) is 4.39 Å². The first kappa shape index (κ1) is 12.7. The highest BCUT2D eigenvalue weighted by Gasteiger charge is 2.21. The molecule has 100 valence electrons. The zero-order valence-corrected chi connectivity index (χ0v) is 11.3. The predicted molar refractivity (Wildman–Crippen MR) is 80.6 cm³/mol. The van der Waals surface area contributed by atoms with E-state index in [1.165, 1.54) is 11.6 Å². The molecule has 1 unspecified atom stereocenters. The van der Waals surface area contributed by atoms with Crippen LogP contribution in [0.3, 0.4) is 0 Å². The van der Waals surface area contributed by atoms with E-state index in [9.17, 15) is 4.39 Å². The fourth-order valence-corrected chi connectivity index (χ4v) is 2.46. The Morgan fingerprint density at radius 1 is 1.00 bits per heavy atom. The second-order valence-electron chi connectivity index (χ2n) is 4.97. The van der Waals surface area contributed by atoms with Crippen LogP contribution in [0.2, 0.25) is 0 Å². The van der Waals surface area contributed by atoms with Gasteiger partial charge in [-0.05, 0) is 36.4 Å². The van der Waals surface area contributed by atoms with Gasteiger partial charge in [-0.25, -0.2) is 4.39 Å². The summed E-state index contributed by atoms with van der Waals surface area (Å²) in [5.41, 5.74) is 4.08. The first-order chi connectivity index (χ1) is 9.75. The Bertz CT molecular complexity index is 668. The van der Waals surface area contributed by atoms with Gasteiger partial charge in [0.15, 0.2) is 0 Å². The largest absolute Gasteiger partial charge is 0.380 e. The van der Waals surface area contributed by atoms with Crippen LogP contribution < -0.4 is 5.32 Å². The first-order valence-electron chi connectivity index (χ1n) is 6.70. The van der Waals surface area contributed by atoms with E-state index in [4.69, 9.17) is 0 Å². The second-order valence-corrected chi connectivity index (χ2v) is 4.97. The molecule has 2 heteroatoms. The molecule has 0 spiro atoms. The van der Waals surface area contributed by atoms with Gasteiger partial charge in [-0.3, -0.25) is 0 Å². The summed E-state index contributed by atoms with van der Waals surface area (Å²) in [7, 11) is 0. The number of hydrogen-bond donors (Lipinski definition) is 1. The molecule has 0 aliphatic carbocycles. The lowest BCUT2D eigenvalue weighted by atomic mass is 9.90. The van der Waals surface area contributed by atoms with Crippen LogP contribution >= 0.6 is 0 Å². The smallest absolute Gasteiger partial charge is 0.128 e. The molecule has 0 bridgehead atoms. The van der Waals surface area contributed by atoms with Gasteiger partial charge < -0.3 is 5.32 Å². The Morgan fingerprint density at radius 2 is 1.75 bits per heavy atom. The van der Waals surface area contributed by atoms with Gasteiger partial charge in [-0.15, -0.1) is 0 Å². The summed E-state index contributed by atoms with van der Waals surface area (Å²) in [5, 5.41) is 3.25. The highest BCUT2D eigenvalue weighted by Crippen LogP contribution is 2.33. The summed E-state index contributed by atoms with van der Waals surface area (Å²) in [4.78, 5) is 0. The third kappa shape index (κ3) is 2.37. The maximum atomic E-state index is 14.0. The summed E-state index contributed by atoms with van der Waals surface area (Å²) in [6.07, 6.45) is 5.85. The first-order valence-corrected chi connectivity index (χ1v) is 6.70. The summed E-state index contributed by atoms with van der Waals surface area (Å²) in [5.74, 6) is -0.182. The van der Waals surface area contributed by atoms with E-state index in [2.05, 4.69) is 36.5 Å². The molecular weight excluding hydrogens is 249 g/mol. The van der Waals surface area contributed by atoms with E-state index in [0.29, 0.717) is 5.56 Å². The van der Waals surface area contributed by atoms with Crippen molar-refractivity contribution in [1.29, 1.82) is 0 Å². The van der Waals surface area contributed by atoms with Gasteiger partial charge in [0.2, 0.25) is 0 Å². The number of halogens is 1. The van der Waals surface area contributed by atoms with Crippen molar-refractivity contribution in [2.75, 3.05) is 0 Å². The summed E-state index contributed by atoms with van der Waals surface area (Å²) in [6, 6.07) is 15.1. The van der Waals surface area contributed by atoms with E-state index in [0.717, 1.165) is 11.1 Å². The molecule has 0 amide bonds. The third-order valence-corrected chi connectivity index (χ3v) is 3.55. The van der Waals surface area contributed by atoms with Crippen molar-refractivity contribution in [3.05, 3.63) is 89.4 Å². The lowest BCUT2D eigenvalue weighted by molar-refractivity contribution is 0.591. The maximum absolute atomic E-state index is 14.0. The van der Waals surface area contributed by atoms with Crippen LogP contribution in [0.25, 0.3) is 5.57 Å². The number of benzene rings is 2. The van der Waals surface area contributed by atoms with Crippen LogP contribution in [-0.2, 0) is 0 Å². The molecule has 1 aliphatic rings. The lowest BCUT2D eigenvalue weighted by Crippen LogP contribution is -2.20. The van der Waals surface area contributed by atoms with Crippen molar-refractivity contribution in [2.24, 2.45) is 0 Å². The number of dihydropyridines is 1. The normalized spacial score (nSPS) is 17.5. The molecule has 1 atom stereocenters. The average Bonchev–Trinajstić information content (AvgIpc) is 2.49. The van der Waals surface area contributed by atoms with Gasteiger partial charge in [0.05, 0.1) is 6.04 Å². The van der Waals surface area contributed by atoms with Crippen LogP contribution in [0, 0.1) is 12.7 Å². The van der Waals surface area contributed by atoms with E-state index in [1.807, 2.05) is 30.5 Å². The van der Waals surface area contributed by atoms with Crippen LogP contribution in [-0.4, -0.2) is 0 Å². The van der Waals surface area contributed by atoms with Crippen molar-refractivity contribution in [1.82, 2.24) is 5.32 Å². The molecule has 20 heavy (non-hydrogen) atoms. The number of rotatable bonds is 2. The molecule has 3 rings (SSSR count). The number of hydrogen-bond acceptors (Lipinski definition) is 1. The van der Waals surface area contributed by atoms with Crippen molar-refractivity contribution < 1.29 is 4.39 Å². The van der Waals surface area contributed by atoms with E-state index in [-0.39, 0.29) is 11.9 Å². The number of nitrogens with one attached hydrogen (secondary N) is 1. The molecule has 0 aromatic heterocycles. The predicted octanol–water partition coefficient (Wildman–Crippen LogP) is 4.38. The molecule has 1 heterocycles. The van der Waals surface area contributed by atoms with Gasteiger partial charge in [-0.1, -0.05) is 54.1 Å². The molecule has 1 N–H and O–H groups in total. The topological polar surface area (TPSA) is 12.0 Å². The van der Waals surface area contributed by atoms with E-state index in [1.54, 1.807) is 6.07 Å². The monoisotopic (exact) mass is 265 g/mol. The molecule has 0 radical (unpaired) electrons. The zero-order chi connectivity index (χ0) is 13.9. The van der Waals surface area contributed by atoms with E-state index < -0.39 is 0 Å². The fraction of sp³-hybridized carbons (Fsp3) is 0.111. The second kappa shape index (κ2) is 5.33. The molecule has 1 aliphatic heterocycles. The Balaban J connectivity index is 2.03. The zero-order valence-electron chi connectivity index (χ0n) is 11.3. The quantitative estimate of drug-likeness (QED) is 0.850. The van der Waals surface area contributed by atoms with Crippen molar-refractivity contribution in [3.63, 3.8) is 0 Å². The van der Waals surface area contributed by atoms with Gasteiger partial charge in [-0.2, -0.15) is 0 Å². The number of allylic oxidation sites excluding steroid dienone is 2. The van der Waals surface area contributed by atoms with Crippen molar-refractivity contribution in [2.45, 2.75) is 13.0 Å². The number of aryl methyl sites for hydroxylation is 1. The molecule has 1 nitrogen and oxygen atoms in total. The minimum Gasteiger partial charge on any atom is -0.380 e. The van der Waals surface area contributed by atoms with Gasteiger partial charge in [0, 0.05) is 5.56 Å². The Morgan fingerprint density at radius 3 is 2.50 bits per heavy atom. The Kier molecular flexibility index (Phi) is 3.38. The lowest BCUT2D eigenvalue weighted by Gasteiger charge is -2.24. The minimum absolute atomic E-state index is 0.149. The maximum Gasteiger partial charge on any atom is 0.128 e. The van der Waals surface area contributed by atoms with Gasteiger partial charge in [0.25, 0.3) is 0 Å². The van der Waals surface area contributed by atoms with Crippen LogP contribution in [0.1, 0.15) is 22.7 Å². The molecule has 0 fully saturated rings. The molecule has 2 aromatic carbocycles. The highest BCUT2D eigenvalue weighted by molar-refractivity contribution is 5.73. The third-order valence-electron chi connectivity index (χ3n) is 3.55. The van der Waals surface area contributed by atoms with Gasteiger partial charge in [0.1, 0.15) is 5.82 Å².